The zero-order valence-electron chi connectivity index (χ0n) is 12.8. The van der Waals surface area contributed by atoms with Gasteiger partial charge in [-0.1, -0.05) is 13.8 Å². The quantitative estimate of drug-likeness (QED) is 0.887. The van der Waals surface area contributed by atoms with Gasteiger partial charge in [0.05, 0.1) is 6.10 Å². The topological polar surface area (TPSA) is 54.6 Å². The lowest BCUT2D eigenvalue weighted by molar-refractivity contribution is -0.118. The monoisotopic (exact) mass is 279 g/mol. The highest BCUT2D eigenvalue weighted by Gasteiger charge is 2.59. The molecular weight excluding hydrogens is 254 g/mol. The van der Waals surface area contributed by atoms with Crippen LogP contribution in [-0.4, -0.2) is 30.4 Å². The van der Waals surface area contributed by atoms with E-state index in [4.69, 9.17) is 9.15 Å². The first-order valence-electron chi connectivity index (χ1n) is 7.46. The van der Waals surface area contributed by atoms with E-state index in [1.165, 1.54) is 0 Å². The maximum absolute atomic E-state index is 10.6. The van der Waals surface area contributed by atoms with Crippen molar-refractivity contribution in [3.05, 3.63) is 23.7 Å². The number of ether oxygens (including phenoxy) is 1. The number of hydrogen-bond acceptors (Lipinski definition) is 4. The lowest BCUT2D eigenvalue weighted by atomic mass is 9.57. The normalized spacial score (nSPS) is 34.4. The molecule has 3 rings (SSSR count). The van der Waals surface area contributed by atoms with Gasteiger partial charge in [-0.2, -0.15) is 0 Å². The third-order valence-corrected chi connectivity index (χ3v) is 5.04. The number of rotatable bonds is 4. The molecule has 1 aromatic heterocycles. The van der Waals surface area contributed by atoms with Crippen LogP contribution in [0.5, 0.6) is 0 Å². The zero-order chi connectivity index (χ0) is 14.5. The standard InChI is InChI=1S/C16H25NO3/c1-10-5-6-12(20-10)16(4,18)9-17-13-11-7-8-19-14(11)15(13,2)3/h5-6,11,13-14,17-18H,7-9H2,1-4H3. The Morgan fingerprint density at radius 1 is 1.45 bits per heavy atom. The van der Waals surface area contributed by atoms with Crippen molar-refractivity contribution in [3.8, 4) is 0 Å². The van der Waals surface area contributed by atoms with Gasteiger partial charge in [0.15, 0.2) is 0 Å². The molecule has 4 atom stereocenters. The SMILES string of the molecule is Cc1ccc(C(C)(O)CNC2C3CCOC3C2(C)C)o1. The second kappa shape index (κ2) is 4.58. The molecule has 112 valence electrons. The van der Waals surface area contributed by atoms with Crippen LogP contribution in [0.15, 0.2) is 16.5 Å². The summed E-state index contributed by atoms with van der Waals surface area (Å²) >= 11 is 0. The van der Waals surface area contributed by atoms with Crippen LogP contribution in [0.25, 0.3) is 0 Å². The Labute approximate surface area is 120 Å². The fraction of sp³-hybridized carbons (Fsp3) is 0.750. The van der Waals surface area contributed by atoms with Gasteiger partial charge in [-0.3, -0.25) is 0 Å². The molecule has 2 fully saturated rings. The minimum absolute atomic E-state index is 0.135. The summed E-state index contributed by atoms with van der Waals surface area (Å²) in [6.07, 6.45) is 1.49. The van der Waals surface area contributed by atoms with Gasteiger partial charge in [0.1, 0.15) is 17.1 Å². The van der Waals surface area contributed by atoms with E-state index in [1.807, 2.05) is 19.1 Å². The van der Waals surface area contributed by atoms with Gasteiger partial charge >= 0.3 is 0 Å². The smallest absolute Gasteiger partial charge is 0.136 e. The molecule has 1 saturated heterocycles. The van der Waals surface area contributed by atoms with Crippen LogP contribution in [0.3, 0.4) is 0 Å². The largest absolute Gasteiger partial charge is 0.463 e. The van der Waals surface area contributed by atoms with Crippen molar-refractivity contribution in [2.24, 2.45) is 11.3 Å². The van der Waals surface area contributed by atoms with Gasteiger partial charge in [0.25, 0.3) is 0 Å². The molecule has 0 radical (unpaired) electrons. The van der Waals surface area contributed by atoms with Crippen molar-refractivity contribution < 1.29 is 14.3 Å². The van der Waals surface area contributed by atoms with Gasteiger partial charge < -0.3 is 19.6 Å². The molecule has 1 aliphatic heterocycles. The van der Waals surface area contributed by atoms with Crippen LogP contribution < -0.4 is 5.32 Å². The summed E-state index contributed by atoms with van der Waals surface area (Å²) in [5.41, 5.74) is -0.842. The molecule has 20 heavy (non-hydrogen) atoms. The van der Waals surface area contributed by atoms with Crippen LogP contribution in [0.2, 0.25) is 0 Å². The molecule has 1 aliphatic carbocycles. The molecule has 1 saturated carbocycles. The van der Waals surface area contributed by atoms with E-state index in [-0.39, 0.29) is 5.41 Å². The first kappa shape index (κ1) is 14.1. The third-order valence-electron chi connectivity index (χ3n) is 5.04. The second-order valence-electron chi connectivity index (χ2n) is 7.11. The summed E-state index contributed by atoms with van der Waals surface area (Å²) in [6, 6.07) is 4.14. The summed E-state index contributed by atoms with van der Waals surface area (Å²) in [5.74, 6) is 2.03. The lowest BCUT2D eigenvalue weighted by Crippen LogP contribution is -2.66. The Hall–Kier alpha value is -0.840. The Bertz CT molecular complexity index is 492. The fourth-order valence-electron chi connectivity index (χ4n) is 3.86. The molecule has 0 amide bonds. The predicted octanol–water partition coefficient (Wildman–Crippen LogP) is 2.20. The highest BCUT2D eigenvalue weighted by atomic mass is 16.5. The van der Waals surface area contributed by atoms with Crippen molar-refractivity contribution in [1.29, 1.82) is 0 Å². The van der Waals surface area contributed by atoms with Gasteiger partial charge in [-0.15, -0.1) is 0 Å². The molecule has 2 heterocycles. The number of aryl methyl sites for hydroxylation is 1. The molecule has 4 unspecified atom stereocenters. The van der Waals surface area contributed by atoms with Crippen molar-refractivity contribution in [2.45, 2.75) is 51.9 Å². The lowest BCUT2D eigenvalue weighted by Gasteiger charge is -2.55. The average Bonchev–Trinajstić information content (AvgIpc) is 2.96. The number of nitrogens with one attached hydrogen (secondary N) is 1. The highest BCUT2D eigenvalue weighted by Crippen LogP contribution is 2.52. The first-order valence-corrected chi connectivity index (χ1v) is 7.46. The van der Waals surface area contributed by atoms with Gasteiger partial charge in [-0.05, 0) is 32.4 Å². The molecule has 2 aliphatic rings. The predicted molar refractivity (Wildman–Crippen MR) is 76.4 cm³/mol. The van der Waals surface area contributed by atoms with Crippen LogP contribution in [-0.2, 0) is 10.3 Å². The molecule has 0 aromatic carbocycles. The highest BCUT2D eigenvalue weighted by molar-refractivity contribution is 5.15. The minimum Gasteiger partial charge on any atom is -0.463 e. The molecule has 0 spiro atoms. The summed E-state index contributed by atoms with van der Waals surface area (Å²) < 4.78 is 11.4. The van der Waals surface area contributed by atoms with Crippen molar-refractivity contribution in [2.75, 3.05) is 13.2 Å². The number of hydrogen-bond donors (Lipinski definition) is 2. The fourth-order valence-corrected chi connectivity index (χ4v) is 3.86. The first-order chi connectivity index (χ1) is 9.32. The number of fused-ring (bicyclic) bond motifs is 1. The molecule has 1 aromatic rings. The maximum Gasteiger partial charge on any atom is 0.136 e. The van der Waals surface area contributed by atoms with E-state index in [1.54, 1.807) is 6.92 Å². The van der Waals surface area contributed by atoms with Crippen LogP contribution in [0, 0.1) is 18.3 Å². The van der Waals surface area contributed by atoms with E-state index in [2.05, 4.69) is 19.2 Å². The second-order valence-corrected chi connectivity index (χ2v) is 7.11. The van der Waals surface area contributed by atoms with Gasteiger partial charge in [0, 0.05) is 30.5 Å². The number of aliphatic hydroxyl groups is 1. The number of furan rings is 1. The Morgan fingerprint density at radius 3 is 2.85 bits per heavy atom. The molecular formula is C16H25NO3. The Morgan fingerprint density at radius 2 is 2.20 bits per heavy atom. The summed E-state index contributed by atoms with van der Waals surface area (Å²) in [6.45, 7) is 9.53. The van der Waals surface area contributed by atoms with Crippen LogP contribution in [0.1, 0.15) is 38.7 Å². The van der Waals surface area contributed by atoms with E-state index in [9.17, 15) is 5.11 Å². The molecule has 0 bridgehead atoms. The Kier molecular flexibility index (Phi) is 3.23. The van der Waals surface area contributed by atoms with Gasteiger partial charge in [-0.25, -0.2) is 0 Å². The van der Waals surface area contributed by atoms with E-state index in [0.717, 1.165) is 18.8 Å². The maximum atomic E-state index is 10.6. The van der Waals surface area contributed by atoms with Gasteiger partial charge in [0.2, 0.25) is 0 Å². The molecule has 2 N–H and O–H groups in total. The van der Waals surface area contributed by atoms with Crippen molar-refractivity contribution in [1.82, 2.24) is 5.32 Å². The van der Waals surface area contributed by atoms with Crippen molar-refractivity contribution in [3.63, 3.8) is 0 Å². The summed E-state index contributed by atoms with van der Waals surface area (Å²) in [4.78, 5) is 0. The summed E-state index contributed by atoms with van der Waals surface area (Å²) in [7, 11) is 0. The van der Waals surface area contributed by atoms with Crippen molar-refractivity contribution >= 4 is 0 Å². The third kappa shape index (κ3) is 2.10. The Balaban J connectivity index is 1.64. The van der Waals surface area contributed by atoms with E-state index in [0.29, 0.717) is 30.4 Å². The molecule has 4 nitrogen and oxygen atoms in total. The average molecular weight is 279 g/mol. The summed E-state index contributed by atoms with van der Waals surface area (Å²) in [5, 5.41) is 14.1. The van der Waals surface area contributed by atoms with E-state index >= 15 is 0 Å². The minimum atomic E-state index is -0.977. The molecule has 4 heteroatoms. The zero-order valence-corrected chi connectivity index (χ0v) is 12.8. The van der Waals surface area contributed by atoms with Crippen LogP contribution in [0.4, 0.5) is 0 Å². The van der Waals surface area contributed by atoms with E-state index < -0.39 is 5.60 Å². The van der Waals surface area contributed by atoms with Crippen LogP contribution >= 0.6 is 0 Å².